The lowest BCUT2D eigenvalue weighted by atomic mass is 9.84. The third-order valence-corrected chi connectivity index (χ3v) is 6.61. The number of rotatable bonds is 4. The second-order valence-corrected chi connectivity index (χ2v) is 8.81. The lowest BCUT2D eigenvalue weighted by Gasteiger charge is -2.40. The molecule has 1 saturated carbocycles. The Morgan fingerprint density at radius 3 is 2.48 bits per heavy atom. The smallest absolute Gasteiger partial charge is 0.0564 e. The molecule has 1 fully saturated rings. The minimum Gasteiger partial charge on any atom is -0.329 e. The van der Waals surface area contributed by atoms with E-state index >= 15 is 0 Å². The molecular weight excluding hydrogens is 276 g/mol. The van der Waals surface area contributed by atoms with Gasteiger partial charge in [0.25, 0.3) is 0 Å². The van der Waals surface area contributed by atoms with Crippen LogP contribution in [0.4, 0.5) is 0 Å². The molecule has 2 N–H and O–H groups in total. The molecule has 0 saturated heterocycles. The normalized spacial score (nSPS) is 25.3. The molecule has 1 heterocycles. The average Bonchev–Trinajstić information content (AvgIpc) is 2.89. The van der Waals surface area contributed by atoms with Gasteiger partial charge in [-0.1, -0.05) is 40.5 Å². The lowest BCUT2D eigenvalue weighted by Crippen LogP contribution is -2.43. The van der Waals surface area contributed by atoms with Gasteiger partial charge < -0.3 is 5.73 Å². The van der Waals surface area contributed by atoms with Crippen LogP contribution in [0, 0.1) is 5.92 Å². The fraction of sp³-hybridized carbons (Fsp3) is 0.778. The molecular formula is C18H32N2S. The molecule has 1 aliphatic rings. The van der Waals surface area contributed by atoms with Gasteiger partial charge in [0, 0.05) is 22.3 Å². The van der Waals surface area contributed by atoms with Crippen molar-refractivity contribution in [2.75, 3.05) is 13.6 Å². The van der Waals surface area contributed by atoms with Gasteiger partial charge in [0.1, 0.15) is 0 Å². The Hall–Kier alpha value is -0.380. The number of likely N-dealkylation sites (N-methyl/N-ethyl adjacent to an activating group) is 1. The average molecular weight is 309 g/mol. The topological polar surface area (TPSA) is 29.3 Å². The first-order valence-electron chi connectivity index (χ1n) is 8.36. The molecule has 0 aliphatic heterocycles. The summed E-state index contributed by atoms with van der Waals surface area (Å²) in [6.45, 7) is 9.97. The Morgan fingerprint density at radius 2 is 1.95 bits per heavy atom. The molecule has 3 unspecified atom stereocenters. The highest BCUT2D eigenvalue weighted by Crippen LogP contribution is 2.37. The Morgan fingerprint density at radius 1 is 1.29 bits per heavy atom. The van der Waals surface area contributed by atoms with Crippen molar-refractivity contribution in [3.63, 3.8) is 0 Å². The van der Waals surface area contributed by atoms with Crippen molar-refractivity contribution < 1.29 is 0 Å². The van der Waals surface area contributed by atoms with Gasteiger partial charge >= 0.3 is 0 Å². The van der Waals surface area contributed by atoms with Crippen molar-refractivity contribution in [3.05, 3.63) is 21.9 Å². The maximum atomic E-state index is 6.14. The number of hydrogen-bond acceptors (Lipinski definition) is 3. The molecule has 21 heavy (non-hydrogen) atoms. The van der Waals surface area contributed by atoms with E-state index in [-0.39, 0.29) is 5.41 Å². The van der Waals surface area contributed by atoms with Crippen molar-refractivity contribution in [1.82, 2.24) is 4.90 Å². The van der Waals surface area contributed by atoms with E-state index in [0.29, 0.717) is 18.6 Å². The van der Waals surface area contributed by atoms with E-state index in [1.807, 2.05) is 11.3 Å². The number of thiophene rings is 1. The van der Waals surface area contributed by atoms with Crippen LogP contribution in [0.15, 0.2) is 12.1 Å². The van der Waals surface area contributed by atoms with Crippen LogP contribution in [-0.2, 0) is 5.41 Å². The summed E-state index contributed by atoms with van der Waals surface area (Å²) in [5.41, 5.74) is 6.38. The quantitative estimate of drug-likeness (QED) is 0.883. The van der Waals surface area contributed by atoms with Crippen LogP contribution in [0.25, 0.3) is 0 Å². The first kappa shape index (κ1) is 17.0. The van der Waals surface area contributed by atoms with E-state index < -0.39 is 0 Å². The van der Waals surface area contributed by atoms with Gasteiger partial charge in [0.15, 0.2) is 0 Å². The zero-order valence-electron chi connectivity index (χ0n) is 14.4. The second kappa shape index (κ2) is 6.80. The molecule has 0 spiro atoms. The van der Waals surface area contributed by atoms with Gasteiger partial charge in [0.05, 0.1) is 6.04 Å². The van der Waals surface area contributed by atoms with E-state index in [2.05, 4.69) is 51.8 Å². The summed E-state index contributed by atoms with van der Waals surface area (Å²) in [4.78, 5) is 5.45. The Bertz CT molecular complexity index is 446. The van der Waals surface area contributed by atoms with Crippen LogP contribution >= 0.6 is 11.3 Å². The van der Waals surface area contributed by atoms with Gasteiger partial charge in [-0.2, -0.15) is 0 Å². The maximum Gasteiger partial charge on any atom is 0.0564 e. The van der Waals surface area contributed by atoms with E-state index in [0.717, 1.165) is 5.92 Å². The largest absolute Gasteiger partial charge is 0.329 e. The first-order valence-corrected chi connectivity index (χ1v) is 9.18. The maximum absolute atomic E-state index is 6.14. The summed E-state index contributed by atoms with van der Waals surface area (Å²) in [7, 11) is 2.28. The Kier molecular flexibility index (Phi) is 5.50. The lowest BCUT2D eigenvalue weighted by molar-refractivity contribution is 0.101. The van der Waals surface area contributed by atoms with Gasteiger partial charge in [-0.25, -0.2) is 0 Å². The van der Waals surface area contributed by atoms with E-state index in [1.165, 1.54) is 35.4 Å². The number of hydrogen-bond donors (Lipinski definition) is 1. The predicted molar refractivity (Wildman–Crippen MR) is 94.0 cm³/mol. The zero-order chi connectivity index (χ0) is 15.6. The van der Waals surface area contributed by atoms with Crippen LogP contribution in [0.1, 0.15) is 69.2 Å². The van der Waals surface area contributed by atoms with Gasteiger partial charge in [-0.05, 0) is 43.4 Å². The zero-order valence-corrected chi connectivity index (χ0v) is 15.2. The van der Waals surface area contributed by atoms with Crippen molar-refractivity contribution >= 4 is 11.3 Å². The minimum atomic E-state index is 0.235. The highest BCUT2D eigenvalue weighted by molar-refractivity contribution is 7.12. The van der Waals surface area contributed by atoms with E-state index in [1.54, 1.807) is 0 Å². The van der Waals surface area contributed by atoms with Crippen molar-refractivity contribution in [1.29, 1.82) is 0 Å². The predicted octanol–water partition coefficient (Wildman–Crippen LogP) is 4.56. The molecule has 1 aromatic rings. The molecule has 0 radical (unpaired) electrons. The second-order valence-electron chi connectivity index (χ2n) is 7.70. The van der Waals surface area contributed by atoms with Crippen molar-refractivity contribution in [2.24, 2.45) is 11.7 Å². The molecule has 0 bridgehead atoms. The Balaban J connectivity index is 2.16. The SMILES string of the molecule is CC1CCCCC1N(C)C(CN)c1ccc(C(C)(C)C)s1. The van der Waals surface area contributed by atoms with Gasteiger partial charge in [0.2, 0.25) is 0 Å². The molecule has 1 aromatic heterocycles. The van der Waals surface area contributed by atoms with Crippen LogP contribution in [0.5, 0.6) is 0 Å². The van der Waals surface area contributed by atoms with E-state index in [9.17, 15) is 0 Å². The van der Waals surface area contributed by atoms with Crippen molar-refractivity contribution in [3.8, 4) is 0 Å². The summed E-state index contributed by atoms with van der Waals surface area (Å²) < 4.78 is 0. The number of nitrogens with zero attached hydrogens (tertiary/aromatic N) is 1. The summed E-state index contributed by atoms with van der Waals surface area (Å²) in [5, 5.41) is 0. The Labute approximate surface area is 134 Å². The molecule has 0 aromatic carbocycles. The molecule has 0 amide bonds. The summed E-state index contributed by atoms with van der Waals surface area (Å²) in [6, 6.07) is 5.65. The first-order chi connectivity index (χ1) is 9.84. The fourth-order valence-corrected chi connectivity index (χ4v) is 4.78. The summed E-state index contributed by atoms with van der Waals surface area (Å²) in [6.07, 6.45) is 5.45. The highest BCUT2D eigenvalue weighted by Gasteiger charge is 2.30. The van der Waals surface area contributed by atoms with Crippen LogP contribution in [0.3, 0.4) is 0 Å². The van der Waals surface area contributed by atoms with Crippen LogP contribution < -0.4 is 5.73 Å². The molecule has 3 heteroatoms. The highest BCUT2D eigenvalue weighted by atomic mass is 32.1. The van der Waals surface area contributed by atoms with Crippen LogP contribution in [0.2, 0.25) is 0 Å². The molecule has 3 atom stereocenters. The summed E-state index contributed by atoms with van der Waals surface area (Å²) >= 11 is 1.94. The van der Waals surface area contributed by atoms with Crippen LogP contribution in [-0.4, -0.2) is 24.5 Å². The fourth-order valence-electron chi connectivity index (χ4n) is 3.55. The van der Waals surface area contributed by atoms with Gasteiger partial charge in [-0.3, -0.25) is 4.90 Å². The third kappa shape index (κ3) is 3.88. The van der Waals surface area contributed by atoms with Crippen molar-refractivity contribution in [2.45, 2.75) is 70.9 Å². The van der Waals surface area contributed by atoms with E-state index in [4.69, 9.17) is 5.73 Å². The minimum absolute atomic E-state index is 0.235. The number of nitrogens with two attached hydrogens (primary N) is 1. The van der Waals surface area contributed by atoms with Gasteiger partial charge in [-0.15, -0.1) is 11.3 Å². The molecule has 120 valence electrons. The molecule has 1 aliphatic carbocycles. The molecule has 2 nitrogen and oxygen atoms in total. The standard InChI is InChI=1S/C18H32N2S/c1-13-8-6-7-9-14(13)20(5)15(12-19)16-10-11-17(21-16)18(2,3)4/h10-11,13-15H,6-9,12,19H2,1-5H3. The monoisotopic (exact) mass is 308 g/mol. The molecule has 2 rings (SSSR count). The third-order valence-electron chi connectivity index (χ3n) is 5.00. The summed E-state index contributed by atoms with van der Waals surface area (Å²) in [5.74, 6) is 0.792.